The highest BCUT2D eigenvalue weighted by Gasteiger charge is 2.20. The summed E-state index contributed by atoms with van der Waals surface area (Å²) in [6, 6.07) is 1.51. The van der Waals surface area contributed by atoms with Crippen LogP contribution in [0.1, 0.15) is 18.5 Å². The van der Waals surface area contributed by atoms with Gasteiger partial charge in [-0.15, -0.1) is 0 Å². The molecule has 0 aliphatic carbocycles. The summed E-state index contributed by atoms with van der Waals surface area (Å²) in [5.74, 6) is 0.455. The largest absolute Gasteiger partial charge is 0.390 e. The molecule has 1 aliphatic heterocycles. The maximum Gasteiger partial charge on any atom is 0.390 e. The topological polar surface area (TPSA) is 70.2 Å². The molecule has 0 saturated carbocycles. The fourth-order valence-corrected chi connectivity index (χ4v) is 1.94. The average Bonchev–Trinajstić information content (AvgIpc) is 2.62. The van der Waals surface area contributed by atoms with Gasteiger partial charge in [-0.3, -0.25) is 0 Å². The lowest BCUT2D eigenvalue weighted by Crippen LogP contribution is -2.21. The first-order chi connectivity index (χ1) is 7.66. The predicted molar refractivity (Wildman–Crippen MR) is 57.2 cm³/mol. The SMILES string of the molecule is Cc1cc([N+](=O)[O-])nn1CC1CCOCC1. The summed E-state index contributed by atoms with van der Waals surface area (Å²) >= 11 is 0. The van der Waals surface area contributed by atoms with E-state index < -0.39 is 4.92 Å². The monoisotopic (exact) mass is 225 g/mol. The van der Waals surface area contributed by atoms with Gasteiger partial charge in [-0.1, -0.05) is 0 Å². The quantitative estimate of drug-likeness (QED) is 0.577. The maximum atomic E-state index is 10.6. The Morgan fingerprint density at radius 3 is 2.88 bits per heavy atom. The maximum absolute atomic E-state index is 10.6. The molecule has 1 fully saturated rings. The first kappa shape index (κ1) is 11.1. The molecular weight excluding hydrogens is 210 g/mol. The number of aryl methyl sites for hydroxylation is 1. The minimum Gasteiger partial charge on any atom is -0.381 e. The first-order valence-electron chi connectivity index (χ1n) is 5.43. The van der Waals surface area contributed by atoms with Crippen molar-refractivity contribution in [2.45, 2.75) is 26.3 Å². The van der Waals surface area contributed by atoms with Crippen LogP contribution in [-0.2, 0) is 11.3 Å². The molecule has 1 aromatic rings. The Labute approximate surface area is 93.4 Å². The second-order valence-corrected chi connectivity index (χ2v) is 4.14. The van der Waals surface area contributed by atoms with E-state index in [2.05, 4.69) is 5.10 Å². The molecule has 0 atom stereocenters. The standard InChI is InChI=1S/C10H15N3O3/c1-8-6-10(13(14)15)11-12(8)7-9-2-4-16-5-3-9/h6,9H,2-5,7H2,1H3. The molecule has 2 rings (SSSR count). The van der Waals surface area contributed by atoms with Gasteiger partial charge in [0.05, 0.1) is 23.4 Å². The third-order valence-corrected chi connectivity index (χ3v) is 2.93. The van der Waals surface area contributed by atoms with Gasteiger partial charge >= 0.3 is 5.82 Å². The van der Waals surface area contributed by atoms with Gasteiger partial charge in [-0.2, -0.15) is 4.68 Å². The molecule has 0 N–H and O–H groups in total. The van der Waals surface area contributed by atoms with E-state index in [-0.39, 0.29) is 5.82 Å². The Morgan fingerprint density at radius 2 is 2.31 bits per heavy atom. The molecule has 1 aromatic heterocycles. The third-order valence-electron chi connectivity index (χ3n) is 2.93. The highest BCUT2D eigenvalue weighted by Crippen LogP contribution is 2.19. The Bertz CT molecular complexity index is 383. The molecule has 1 aliphatic rings. The highest BCUT2D eigenvalue weighted by atomic mass is 16.6. The zero-order valence-corrected chi connectivity index (χ0v) is 9.26. The first-order valence-corrected chi connectivity index (χ1v) is 5.43. The number of nitrogens with zero attached hydrogens (tertiary/aromatic N) is 3. The molecule has 6 nitrogen and oxygen atoms in total. The van der Waals surface area contributed by atoms with Crippen molar-refractivity contribution in [3.63, 3.8) is 0 Å². The van der Waals surface area contributed by atoms with Crippen LogP contribution < -0.4 is 0 Å². The van der Waals surface area contributed by atoms with Gasteiger partial charge in [0.15, 0.2) is 0 Å². The van der Waals surface area contributed by atoms with Gasteiger partial charge in [0, 0.05) is 13.2 Å². The molecule has 0 radical (unpaired) electrons. The predicted octanol–water partition coefficient (Wildman–Crippen LogP) is 1.53. The smallest absolute Gasteiger partial charge is 0.381 e. The molecule has 0 unspecified atom stereocenters. The summed E-state index contributed by atoms with van der Waals surface area (Å²) in [7, 11) is 0. The van der Waals surface area contributed by atoms with E-state index in [0.717, 1.165) is 38.3 Å². The molecule has 1 saturated heterocycles. The van der Waals surface area contributed by atoms with Crippen LogP contribution in [0, 0.1) is 23.0 Å². The number of nitro groups is 1. The number of rotatable bonds is 3. The van der Waals surface area contributed by atoms with E-state index in [4.69, 9.17) is 4.74 Å². The summed E-state index contributed by atoms with van der Waals surface area (Å²) < 4.78 is 7.00. The molecule has 16 heavy (non-hydrogen) atoms. The number of aromatic nitrogens is 2. The van der Waals surface area contributed by atoms with Crippen molar-refractivity contribution in [2.75, 3.05) is 13.2 Å². The van der Waals surface area contributed by atoms with Gasteiger partial charge < -0.3 is 14.9 Å². The molecule has 0 amide bonds. The van der Waals surface area contributed by atoms with Crippen molar-refractivity contribution >= 4 is 5.82 Å². The van der Waals surface area contributed by atoms with Crippen LogP contribution in [0.15, 0.2) is 6.07 Å². The van der Waals surface area contributed by atoms with E-state index in [0.29, 0.717) is 5.92 Å². The Hall–Kier alpha value is -1.43. The average molecular weight is 225 g/mol. The van der Waals surface area contributed by atoms with Crippen LogP contribution in [0.3, 0.4) is 0 Å². The van der Waals surface area contributed by atoms with Crippen LogP contribution in [0.25, 0.3) is 0 Å². The summed E-state index contributed by atoms with van der Waals surface area (Å²) in [6.45, 7) is 4.17. The highest BCUT2D eigenvalue weighted by molar-refractivity contribution is 5.20. The zero-order valence-electron chi connectivity index (χ0n) is 9.26. The van der Waals surface area contributed by atoms with Gasteiger partial charge in [-0.25, -0.2) is 0 Å². The Kier molecular flexibility index (Phi) is 3.19. The van der Waals surface area contributed by atoms with E-state index in [1.165, 1.54) is 6.07 Å². The minimum atomic E-state index is -0.451. The van der Waals surface area contributed by atoms with Crippen LogP contribution in [0.2, 0.25) is 0 Å². The van der Waals surface area contributed by atoms with E-state index >= 15 is 0 Å². The molecule has 0 bridgehead atoms. The van der Waals surface area contributed by atoms with E-state index in [9.17, 15) is 10.1 Å². The normalized spacial score (nSPS) is 17.6. The fourth-order valence-electron chi connectivity index (χ4n) is 1.94. The Morgan fingerprint density at radius 1 is 1.62 bits per heavy atom. The van der Waals surface area contributed by atoms with Crippen molar-refractivity contribution < 1.29 is 9.66 Å². The van der Waals surface area contributed by atoms with Crippen LogP contribution >= 0.6 is 0 Å². The number of hydrogen-bond donors (Lipinski definition) is 0. The van der Waals surface area contributed by atoms with Crippen molar-refractivity contribution in [1.29, 1.82) is 0 Å². The molecular formula is C10H15N3O3. The van der Waals surface area contributed by atoms with E-state index in [1.807, 2.05) is 6.92 Å². The summed E-state index contributed by atoms with van der Waals surface area (Å²) in [4.78, 5) is 10.1. The van der Waals surface area contributed by atoms with Crippen molar-refractivity contribution in [3.8, 4) is 0 Å². The Balaban J connectivity index is 2.05. The zero-order chi connectivity index (χ0) is 11.5. The third kappa shape index (κ3) is 2.38. The molecule has 0 spiro atoms. The molecule has 6 heteroatoms. The van der Waals surface area contributed by atoms with Crippen LogP contribution in [0.5, 0.6) is 0 Å². The second-order valence-electron chi connectivity index (χ2n) is 4.14. The second kappa shape index (κ2) is 4.61. The van der Waals surface area contributed by atoms with Gasteiger partial charge in [0.25, 0.3) is 0 Å². The lowest BCUT2D eigenvalue weighted by Gasteiger charge is -2.20. The van der Waals surface area contributed by atoms with Gasteiger partial charge in [0.1, 0.15) is 0 Å². The molecule has 88 valence electrons. The number of ether oxygens (including phenoxy) is 1. The van der Waals surface area contributed by atoms with Crippen molar-refractivity contribution in [3.05, 3.63) is 21.9 Å². The number of hydrogen-bond acceptors (Lipinski definition) is 4. The van der Waals surface area contributed by atoms with Crippen LogP contribution in [-0.4, -0.2) is 27.9 Å². The van der Waals surface area contributed by atoms with Crippen molar-refractivity contribution in [1.82, 2.24) is 9.78 Å². The van der Waals surface area contributed by atoms with Gasteiger partial charge in [-0.05, 0) is 30.6 Å². The van der Waals surface area contributed by atoms with E-state index in [1.54, 1.807) is 4.68 Å². The van der Waals surface area contributed by atoms with Crippen molar-refractivity contribution in [2.24, 2.45) is 5.92 Å². The lowest BCUT2D eigenvalue weighted by molar-refractivity contribution is -0.389. The van der Waals surface area contributed by atoms with Gasteiger partial charge in [0.2, 0.25) is 0 Å². The van der Waals surface area contributed by atoms with Crippen LogP contribution in [0.4, 0.5) is 5.82 Å². The fraction of sp³-hybridized carbons (Fsp3) is 0.700. The summed E-state index contributed by atoms with van der Waals surface area (Å²) in [5, 5.41) is 14.5. The summed E-state index contributed by atoms with van der Waals surface area (Å²) in [6.07, 6.45) is 2.01. The molecule has 2 heterocycles. The molecule has 0 aromatic carbocycles. The summed E-state index contributed by atoms with van der Waals surface area (Å²) in [5.41, 5.74) is 0.846. The minimum absolute atomic E-state index is 0.0652. The lowest BCUT2D eigenvalue weighted by atomic mass is 10.0.